The number of halogens is 3. The summed E-state index contributed by atoms with van der Waals surface area (Å²) in [5.41, 5.74) is 1.98. The quantitative estimate of drug-likeness (QED) is 0.476. The molecule has 7 nitrogen and oxygen atoms in total. The zero-order valence-corrected chi connectivity index (χ0v) is 18.3. The minimum atomic E-state index is -3.00. The molecular formula is C23H20ClF2N3O4. The van der Waals surface area contributed by atoms with Gasteiger partial charge in [-0.3, -0.25) is 4.79 Å². The zero-order chi connectivity index (χ0) is 23.4. The Kier molecular flexibility index (Phi) is 6.79. The fourth-order valence-electron chi connectivity index (χ4n) is 3.49. The molecule has 0 saturated carbocycles. The van der Waals surface area contributed by atoms with Crippen LogP contribution in [0.15, 0.2) is 70.4 Å². The summed E-state index contributed by atoms with van der Waals surface area (Å²) in [5, 5.41) is 9.43. The number of alkyl halides is 2. The predicted molar refractivity (Wildman–Crippen MR) is 119 cm³/mol. The minimum Gasteiger partial charge on any atom is -0.493 e. The molecule has 1 aromatic heterocycles. The lowest BCUT2D eigenvalue weighted by Gasteiger charge is -2.20. The molecule has 10 heteroatoms. The summed E-state index contributed by atoms with van der Waals surface area (Å²) >= 11 is 5.98. The van der Waals surface area contributed by atoms with Gasteiger partial charge in [0.1, 0.15) is 11.8 Å². The molecule has 0 aliphatic carbocycles. The number of hydrogen-bond donors (Lipinski definition) is 1. The van der Waals surface area contributed by atoms with Gasteiger partial charge < -0.3 is 19.2 Å². The van der Waals surface area contributed by atoms with Gasteiger partial charge in [0.2, 0.25) is 0 Å². The Hall–Kier alpha value is -3.59. The normalized spacial score (nSPS) is 15.5. The van der Waals surface area contributed by atoms with Gasteiger partial charge in [0.15, 0.2) is 11.5 Å². The minimum absolute atomic E-state index is 0.130. The molecule has 2 aromatic carbocycles. The zero-order valence-electron chi connectivity index (χ0n) is 17.5. The van der Waals surface area contributed by atoms with E-state index in [1.165, 1.54) is 24.3 Å². The van der Waals surface area contributed by atoms with Crippen molar-refractivity contribution in [2.24, 2.45) is 5.10 Å². The Morgan fingerprint density at radius 1 is 1.24 bits per heavy atom. The Morgan fingerprint density at radius 3 is 2.70 bits per heavy atom. The molecule has 0 spiro atoms. The number of benzene rings is 2. The van der Waals surface area contributed by atoms with Crippen LogP contribution < -0.4 is 14.8 Å². The number of carbonyl (C=O) groups is 1. The second-order valence-corrected chi connectivity index (χ2v) is 7.56. The maximum atomic E-state index is 13.1. The van der Waals surface area contributed by atoms with Gasteiger partial charge in [-0.2, -0.15) is 13.9 Å². The lowest BCUT2D eigenvalue weighted by molar-refractivity contribution is -0.131. The van der Waals surface area contributed by atoms with Gasteiger partial charge in [-0.1, -0.05) is 23.7 Å². The molecule has 0 radical (unpaired) electrons. The topological polar surface area (TPSA) is 76.3 Å². The molecule has 0 bridgehead atoms. The molecule has 4 rings (SSSR count). The number of rotatable bonds is 8. The summed E-state index contributed by atoms with van der Waals surface area (Å²) in [6.07, 6.45) is 2.01. The molecule has 1 amide bonds. The van der Waals surface area contributed by atoms with Crippen LogP contribution in [0.4, 0.5) is 14.5 Å². The number of amides is 1. The molecule has 1 atom stereocenters. The van der Waals surface area contributed by atoms with Gasteiger partial charge >= 0.3 is 6.61 Å². The number of ether oxygens (including phenoxy) is 2. The van der Waals surface area contributed by atoms with E-state index < -0.39 is 12.7 Å². The van der Waals surface area contributed by atoms with Crippen molar-refractivity contribution >= 4 is 28.9 Å². The van der Waals surface area contributed by atoms with Crippen LogP contribution in [0.5, 0.6) is 11.5 Å². The van der Waals surface area contributed by atoms with Crippen molar-refractivity contribution in [2.75, 3.05) is 19.0 Å². The van der Waals surface area contributed by atoms with Crippen molar-refractivity contribution in [1.29, 1.82) is 0 Å². The van der Waals surface area contributed by atoms with Crippen LogP contribution in [-0.4, -0.2) is 36.9 Å². The van der Waals surface area contributed by atoms with Gasteiger partial charge in [0.25, 0.3) is 5.91 Å². The van der Waals surface area contributed by atoms with Crippen LogP contribution in [0.3, 0.4) is 0 Å². The van der Waals surface area contributed by atoms with E-state index in [2.05, 4.69) is 15.2 Å². The van der Waals surface area contributed by atoms with E-state index in [9.17, 15) is 13.6 Å². The summed E-state index contributed by atoms with van der Waals surface area (Å²) in [5.74, 6) is 0.296. The van der Waals surface area contributed by atoms with Crippen LogP contribution in [0.25, 0.3) is 0 Å². The monoisotopic (exact) mass is 475 g/mol. The molecule has 0 saturated heterocycles. The van der Waals surface area contributed by atoms with Crippen molar-refractivity contribution in [3.63, 3.8) is 0 Å². The standard InChI is InChI=1S/C23H20ClF2N3O4/c1-31-20-9-8-16(11-21(20)33-23(25)26)27-13-22(30)29-18(19-3-2-10-32-19)12-17(28-29)14-4-6-15(24)7-5-14/h2-11,18,23,27H,12-13H2,1H3. The molecular weight excluding hydrogens is 456 g/mol. The Bertz CT molecular complexity index is 1140. The summed E-state index contributed by atoms with van der Waals surface area (Å²) < 4.78 is 40.4. The van der Waals surface area contributed by atoms with Gasteiger partial charge in [-0.25, -0.2) is 5.01 Å². The fourth-order valence-corrected chi connectivity index (χ4v) is 3.62. The second kappa shape index (κ2) is 9.91. The van der Waals surface area contributed by atoms with Crippen LogP contribution in [-0.2, 0) is 4.79 Å². The van der Waals surface area contributed by atoms with Crippen molar-refractivity contribution in [1.82, 2.24) is 5.01 Å². The number of anilines is 1. The van der Waals surface area contributed by atoms with E-state index in [1.54, 1.807) is 36.6 Å². The molecule has 1 N–H and O–H groups in total. The molecule has 1 aliphatic rings. The number of nitrogens with zero attached hydrogens (tertiary/aromatic N) is 2. The first-order valence-electron chi connectivity index (χ1n) is 10.00. The van der Waals surface area contributed by atoms with Crippen LogP contribution in [0.1, 0.15) is 23.8 Å². The van der Waals surface area contributed by atoms with Gasteiger partial charge in [0, 0.05) is 23.2 Å². The third kappa shape index (κ3) is 5.25. The highest BCUT2D eigenvalue weighted by molar-refractivity contribution is 6.30. The second-order valence-electron chi connectivity index (χ2n) is 7.12. The van der Waals surface area contributed by atoms with Crippen LogP contribution in [0, 0.1) is 0 Å². The highest BCUT2D eigenvalue weighted by Gasteiger charge is 2.34. The first-order valence-corrected chi connectivity index (χ1v) is 10.4. The van der Waals surface area contributed by atoms with Crippen LogP contribution >= 0.6 is 11.6 Å². The molecule has 33 heavy (non-hydrogen) atoms. The highest BCUT2D eigenvalue weighted by Crippen LogP contribution is 2.34. The average Bonchev–Trinajstić information content (AvgIpc) is 3.48. The van der Waals surface area contributed by atoms with Crippen molar-refractivity contribution in [3.8, 4) is 11.5 Å². The Morgan fingerprint density at radius 2 is 2.03 bits per heavy atom. The smallest absolute Gasteiger partial charge is 0.387 e. The maximum absolute atomic E-state index is 13.1. The van der Waals surface area contributed by atoms with E-state index >= 15 is 0 Å². The number of hydrogen-bond acceptors (Lipinski definition) is 6. The lowest BCUT2D eigenvalue weighted by atomic mass is 10.0. The molecule has 1 unspecified atom stereocenters. The fraction of sp³-hybridized carbons (Fsp3) is 0.217. The SMILES string of the molecule is COc1ccc(NCC(=O)N2N=C(c3ccc(Cl)cc3)CC2c2ccco2)cc1OC(F)F. The average molecular weight is 476 g/mol. The van der Waals surface area contributed by atoms with Crippen molar-refractivity contribution < 1.29 is 27.5 Å². The van der Waals surface area contributed by atoms with Gasteiger partial charge in [0.05, 0.1) is 25.6 Å². The number of furan rings is 1. The van der Waals surface area contributed by atoms with Crippen LogP contribution in [0.2, 0.25) is 5.02 Å². The summed E-state index contributed by atoms with van der Waals surface area (Å²) in [6.45, 7) is -3.13. The van der Waals surface area contributed by atoms with Crippen molar-refractivity contribution in [3.05, 3.63) is 77.2 Å². The molecule has 1 aliphatic heterocycles. The number of methoxy groups -OCH3 is 1. The maximum Gasteiger partial charge on any atom is 0.387 e. The third-order valence-corrected chi connectivity index (χ3v) is 5.29. The predicted octanol–water partition coefficient (Wildman–Crippen LogP) is 5.33. The Balaban J connectivity index is 1.52. The first-order chi connectivity index (χ1) is 15.9. The van der Waals surface area contributed by atoms with E-state index in [1.807, 2.05) is 12.1 Å². The van der Waals surface area contributed by atoms with Gasteiger partial charge in [-0.15, -0.1) is 0 Å². The van der Waals surface area contributed by atoms with E-state index in [0.29, 0.717) is 22.9 Å². The number of carbonyl (C=O) groups excluding carboxylic acids is 1. The lowest BCUT2D eigenvalue weighted by Crippen LogP contribution is -2.32. The molecule has 0 fully saturated rings. The van der Waals surface area contributed by atoms with E-state index in [-0.39, 0.29) is 24.0 Å². The highest BCUT2D eigenvalue weighted by atomic mass is 35.5. The van der Waals surface area contributed by atoms with Gasteiger partial charge in [-0.05, 0) is 42.0 Å². The molecule has 3 aromatic rings. The van der Waals surface area contributed by atoms with E-state index in [4.69, 9.17) is 20.8 Å². The molecule has 2 heterocycles. The summed E-state index contributed by atoms with van der Waals surface area (Å²) in [4.78, 5) is 13.1. The van der Waals surface area contributed by atoms with E-state index in [0.717, 1.165) is 11.3 Å². The summed E-state index contributed by atoms with van der Waals surface area (Å²) in [7, 11) is 1.35. The Labute approximate surface area is 193 Å². The summed E-state index contributed by atoms with van der Waals surface area (Å²) in [6, 6.07) is 14.7. The van der Waals surface area contributed by atoms with Crippen molar-refractivity contribution in [2.45, 2.75) is 19.1 Å². The largest absolute Gasteiger partial charge is 0.493 e. The first kappa shape index (κ1) is 22.6. The number of nitrogens with one attached hydrogen (secondary N) is 1. The number of hydrazone groups is 1. The third-order valence-electron chi connectivity index (χ3n) is 5.04. The molecule has 172 valence electrons.